The summed E-state index contributed by atoms with van der Waals surface area (Å²) >= 11 is 0. The summed E-state index contributed by atoms with van der Waals surface area (Å²) in [7, 11) is 0. The molecular weight excluding hydrogens is 406 g/mol. The molecule has 0 aromatic carbocycles. The van der Waals surface area contributed by atoms with E-state index in [0.717, 1.165) is 40.9 Å². The number of carbonyl (C=O) groups is 1. The maximum absolute atomic E-state index is 11.4. The van der Waals surface area contributed by atoms with E-state index in [0.29, 0.717) is 24.7 Å². The molecule has 162 valence electrons. The second-order valence-electron chi connectivity index (χ2n) is 7.95. The first-order valence-electron chi connectivity index (χ1n) is 10.6. The van der Waals surface area contributed by atoms with Crippen LogP contribution in [0.15, 0.2) is 55.0 Å². The zero-order valence-corrected chi connectivity index (χ0v) is 17.6. The third-order valence-electron chi connectivity index (χ3n) is 5.64. The van der Waals surface area contributed by atoms with Crippen molar-refractivity contribution in [1.29, 1.82) is 0 Å². The fourth-order valence-electron chi connectivity index (χ4n) is 3.99. The number of hydrogen-bond acceptors (Lipinski definition) is 6. The van der Waals surface area contributed by atoms with Crippen molar-refractivity contribution in [1.82, 2.24) is 29.5 Å². The van der Waals surface area contributed by atoms with Crippen molar-refractivity contribution in [3.8, 4) is 22.6 Å². The number of rotatable bonds is 4. The average molecular weight is 429 g/mol. The van der Waals surface area contributed by atoms with Crippen molar-refractivity contribution in [3.05, 3.63) is 60.7 Å². The SMILES string of the molecule is Cc1ccc(-c2cc(N[C@@H]3CCCN(C(=O)O)C3)nc(-c3cnn4ccccc34)n2)cn1. The number of nitrogens with one attached hydrogen (secondary N) is 1. The highest BCUT2D eigenvalue weighted by molar-refractivity contribution is 5.78. The normalized spacial score (nSPS) is 16.3. The Morgan fingerprint density at radius 2 is 2.09 bits per heavy atom. The number of likely N-dealkylation sites (tertiary alicyclic amines) is 1. The molecule has 1 saturated heterocycles. The fourth-order valence-corrected chi connectivity index (χ4v) is 3.99. The number of aryl methyl sites for hydroxylation is 1. The summed E-state index contributed by atoms with van der Waals surface area (Å²) in [5, 5.41) is 17.2. The minimum Gasteiger partial charge on any atom is -0.465 e. The van der Waals surface area contributed by atoms with E-state index in [4.69, 9.17) is 9.97 Å². The zero-order chi connectivity index (χ0) is 22.1. The molecule has 0 spiro atoms. The first-order valence-corrected chi connectivity index (χ1v) is 10.6. The van der Waals surface area contributed by atoms with E-state index in [1.54, 1.807) is 16.9 Å². The Kier molecular flexibility index (Phi) is 5.14. The van der Waals surface area contributed by atoms with Gasteiger partial charge in [-0.1, -0.05) is 6.07 Å². The van der Waals surface area contributed by atoms with Crippen molar-refractivity contribution in [2.24, 2.45) is 0 Å². The summed E-state index contributed by atoms with van der Waals surface area (Å²) in [6.07, 6.45) is 6.24. The van der Waals surface area contributed by atoms with Gasteiger partial charge >= 0.3 is 6.09 Å². The molecule has 0 bridgehead atoms. The molecule has 1 aliphatic heterocycles. The van der Waals surface area contributed by atoms with Crippen LogP contribution in [-0.2, 0) is 0 Å². The van der Waals surface area contributed by atoms with Gasteiger partial charge in [0.1, 0.15) is 5.82 Å². The first kappa shape index (κ1) is 19.9. The number of hydrogen-bond donors (Lipinski definition) is 2. The number of carboxylic acid groups (broad SMARTS) is 1. The number of fused-ring (bicyclic) bond motifs is 1. The Balaban J connectivity index is 1.55. The Labute approximate surface area is 184 Å². The minimum absolute atomic E-state index is 0.0181. The molecular formula is C23H23N7O2. The molecule has 9 nitrogen and oxygen atoms in total. The van der Waals surface area contributed by atoms with Gasteiger partial charge in [0, 0.05) is 48.8 Å². The number of pyridine rings is 2. The predicted molar refractivity (Wildman–Crippen MR) is 120 cm³/mol. The van der Waals surface area contributed by atoms with Crippen LogP contribution in [0.5, 0.6) is 0 Å². The van der Waals surface area contributed by atoms with Crippen molar-refractivity contribution in [2.75, 3.05) is 18.4 Å². The van der Waals surface area contributed by atoms with E-state index in [2.05, 4.69) is 15.4 Å². The number of piperidine rings is 1. The largest absolute Gasteiger partial charge is 0.465 e. The van der Waals surface area contributed by atoms with Gasteiger partial charge < -0.3 is 15.3 Å². The zero-order valence-electron chi connectivity index (χ0n) is 17.6. The van der Waals surface area contributed by atoms with Gasteiger partial charge in [0.05, 0.1) is 23.0 Å². The molecule has 1 atom stereocenters. The van der Waals surface area contributed by atoms with Crippen LogP contribution >= 0.6 is 0 Å². The van der Waals surface area contributed by atoms with E-state index in [1.165, 1.54) is 4.90 Å². The third-order valence-corrected chi connectivity index (χ3v) is 5.64. The lowest BCUT2D eigenvalue weighted by Crippen LogP contribution is -2.44. The van der Waals surface area contributed by atoms with E-state index < -0.39 is 6.09 Å². The summed E-state index contributed by atoms with van der Waals surface area (Å²) < 4.78 is 1.79. The van der Waals surface area contributed by atoms with Crippen LogP contribution in [0.4, 0.5) is 10.6 Å². The number of amides is 1. The molecule has 2 N–H and O–H groups in total. The fraction of sp³-hybridized carbons (Fsp3) is 0.261. The van der Waals surface area contributed by atoms with Crippen molar-refractivity contribution >= 4 is 17.4 Å². The quantitative estimate of drug-likeness (QED) is 0.509. The number of aromatic nitrogens is 5. The Bertz CT molecular complexity index is 1270. The van der Waals surface area contributed by atoms with Crippen LogP contribution in [0.3, 0.4) is 0 Å². The van der Waals surface area contributed by atoms with Crippen molar-refractivity contribution in [2.45, 2.75) is 25.8 Å². The topological polar surface area (TPSA) is 109 Å². The number of nitrogens with zero attached hydrogens (tertiary/aromatic N) is 6. The average Bonchev–Trinajstić information content (AvgIpc) is 3.24. The van der Waals surface area contributed by atoms with Gasteiger partial charge in [0.15, 0.2) is 5.82 Å². The van der Waals surface area contributed by atoms with Crippen LogP contribution in [-0.4, -0.2) is 59.8 Å². The van der Waals surface area contributed by atoms with Gasteiger partial charge in [-0.15, -0.1) is 0 Å². The highest BCUT2D eigenvalue weighted by Crippen LogP contribution is 2.27. The minimum atomic E-state index is -0.891. The Morgan fingerprint density at radius 1 is 1.19 bits per heavy atom. The van der Waals surface area contributed by atoms with E-state index in [-0.39, 0.29) is 6.04 Å². The van der Waals surface area contributed by atoms with Gasteiger partial charge in [0.2, 0.25) is 0 Å². The van der Waals surface area contributed by atoms with Gasteiger partial charge in [0.25, 0.3) is 0 Å². The highest BCUT2D eigenvalue weighted by atomic mass is 16.4. The molecule has 4 aromatic heterocycles. The summed E-state index contributed by atoms with van der Waals surface area (Å²) in [5.74, 6) is 1.20. The second-order valence-corrected chi connectivity index (χ2v) is 7.95. The van der Waals surface area contributed by atoms with Crippen molar-refractivity contribution in [3.63, 3.8) is 0 Å². The predicted octanol–water partition coefficient (Wildman–Crippen LogP) is 3.72. The molecule has 5 rings (SSSR count). The lowest BCUT2D eigenvalue weighted by Gasteiger charge is -2.31. The third kappa shape index (κ3) is 3.96. The maximum Gasteiger partial charge on any atom is 0.407 e. The van der Waals surface area contributed by atoms with Crippen molar-refractivity contribution < 1.29 is 9.90 Å². The molecule has 1 fully saturated rings. The Hall–Kier alpha value is -4.01. The van der Waals surface area contributed by atoms with Crippen LogP contribution in [0.25, 0.3) is 28.2 Å². The molecule has 4 aromatic rings. The molecule has 0 aliphatic carbocycles. The first-order chi connectivity index (χ1) is 15.6. The molecule has 1 amide bonds. The number of anilines is 1. The smallest absolute Gasteiger partial charge is 0.407 e. The van der Waals surface area contributed by atoms with Crippen LogP contribution in [0.2, 0.25) is 0 Å². The van der Waals surface area contributed by atoms with Gasteiger partial charge in [-0.05, 0) is 44.0 Å². The molecule has 5 heterocycles. The van der Waals surface area contributed by atoms with Crippen LogP contribution in [0.1, 0.15) is 18.5 Å². The summed E-state index contributed by atoms with van der Waals surface area (Å²) in [5.41, 5.74) is 4.29. The summed E-state index contributed by atoms with van der Waals surface area (Å²) in [6, 6.07) is 11.7. The second kappa shape index (κ2) is 8.26. The van der Waals surface area contributed by atoms with Gasteiger partial charge in [-0.3, -0.25) is 4.98 Å². The molecule has 32 heavy (non-hydrogen) atoms. The highest BCUT2D eigenvalue weighted by Gasteiger charge is 2.24. The van der Waals surface area contributed by atoms with Gasteiger partial charge in [-0.25, -0.2) is 19.3 Å². The summed E-state index contributed by atoms with van der Waals surface area (Å²) in [4.78, 5) is 26.8. The van der Waals surface area contributed by atoms with E-state index >= 15 is 0 Å². The van der Waals surface area contributed by atoms with E-state index in [1.807, 2.05) is 49.5 Å². The molecule has 1 aliphatic rings. The Morgan fingerprint density at radius 3 is 2.91 bits per heavy atom. The molecule has 0 radical (unpaired) electrons. The lowest BCUT2D eigenvalue weighted by atomic mass is 10.1. The maximum atomic E-state index is 11.4. The van der Waals surface area contributed by atoms with E-state index in [9.17, 15) is 9.90 Å². The lowest BCUT2D eigenvalue weighted by molar-refractivity contribution is 0.133. The standard InChI is InChI=1S/C23H23N7O2/c1-15-7-8-16(12-24-15)19-11-21(26-17-5-4-9-29(14-17)23(31)32)28-22(27-19)18-13-25-30-10-3-2-6-20(18)30/h2-3,6-8,10-13,17H,4-5,9,14H2,1H3,(H,31,32)(H,26,27,28)/t17-/m1/s1. The molecule has 0 unspecified atom stereocenters. The molecule has 0 saturated carbocycles. The van der Waals surface area contributed by atoms with Gasteiger partial charge in [-0.2, -0.15) is 5.10 Å². The summed E-state index contributed by atoms with van der Waals surface area (Å²) in [6.45, 7) is 2.93. The molecule has 9 heteroatoms. The van der Waals surface area contributed by atoms with Crippen LogP contribution in [0, 0.1) is 6.92 Å². The van der Waals surface area contributed by atoms with Crippen LogP contribution < -0.4 is 5.32 Å². The monoisotopic (exact) mass is 429 g/mol.